The Balaban J connectivity index is 1.49. The van der Waals surface area contributed by atoms with E-state index in [0.29, 0.717) is 24.3 Å². The summed E-state index contributed by atoms with van der Waals surface area (Å²) in [5.41, 5.74) is 3.38. The van der Waals surface area contributed by atoms with Gasteiger partial charge in [0.2, 0.25) is 0 Å². The van der Waals surface area contributed by atoms with Gasteiger partial charge < -0.3 is 4.57 Å². The molecule has 3 aromatic heterocycles. The highest BCUT2D eigenvalue weighted by atomic mass is 32.1. The highest BCUT2D eigenvalue weighted by molar-refractivity contribution is 7.14. The molecule has 0 unspecified atom stereocenters. The molecule has 0 aliphatic heterocycles. The molecule has 1 aromatic carbocycles. The number of Topliss-reactive ketones (excluding diaryl/α,β-unsaturated/α-hetero) is 2. The molecule has 4 aromatic rings. The van der Waals surface area contributed by atoms with Crippen molar-refractivity contribution in [3.8, 4) is 11.5 Å². The Kier molecular flexibility index (Phi) is 6.42. The number of thiophene rings is 1. The van der Waals surface area contributed by atoms with Crippen LogP contribution in [0.15, 0.2) is 54.7 Å². The molecule has 34 heavy (non-hydrogen) atoms. The number of aryl methyl sites for hydroxylation is 1. The quantitative estimate of drug-likeness (QED) is 0.271. The number of hydrogen-bond acceptors (Lipinski definition) is 5. The second kappa shape index (κ2) is 9.63. The Morgan fingerprint density at radius 1 is 1.09 bits per heavy atom. The first-order valence-corrected chi connectivity index (χ1v) is 12.9. The fourth-order valence-corrected chi connectivity index (χ4v) is 5.97. The van der Waals surface area contributed by atoms with Crippen molar-refractivity contribution >= 4 is 33.9 Å². The van der Waals surface area contributed by atoms with Gasteiger partial charge in [0, 0.05) is 35.5 Å². The van der Waals surface area contributed by atoms with Gasteiger partial charge in [-0.15, -0.1) is 11.3 Å². The zero-order chi connectivity index (χ0) is 23.7. The van der Waals surface area contributed by atoms with Gasteiger partial charge in [0.05, 0.1) is 15.9 Å². The number of imidazole rings is 1. The highest BCUT2D eigenvalue weighted by Crippen LogP contribution is 2.39. The first-order valence-electron chi connectivity index (χ1n) is 12.1. The van der Waals surface area contributed by atoms with Gasteiger partial charge in [0.15, 0.2) is 17.4 Å². The molecule has 0 N–H and O–H groups in total. The maximum absolute atomic E-state index is 12.9. The van der Waals surface area contributed by atoms with Crippen LogP contribution >= 0.6 is 11.3 Å². The third kappa shape index (κ3) is 4.47. The molecule has 1 saturated carbocycles. The molecule has 2 atom stereocenters. The molecule has 0 radical (unpaired) electrons. The van der Waals surface area contributed by atoms with Gasteiger partial charge >= 0.3 is 0 Å². The molecule has 0 spiro atoms. The van der Waals surface area contributed by atoms with Crippen molar-refractivity contribution in [3.63, 3.8) is 0 Å². The van der Waals surface area contributed by atoms with Crippen LogP contribution in [-0.2, 0) is 0 Å². The first kappa shape index (κ1) is 22.7. The molecule has 5 nitrogen and oxygen atoms in total. The van der Waals surface area contributed by atoms with Crippen molar-refractivity contribution in [1.82, 2.24) is 14.5 Å². The summed E-state index contributed by atoms with van der Waals surface area (Å²) in [6, 6.07) is 15.9. The Morgan fingerprint density at radius 3 is 2.71 bits per heavy atom. The molecule has 6 heteroatoms. The predicted octanol–water partition coefficient (Wildman–Crippen LogP) is 7.07. The predicted molar refractivity (Wildman–Crippen MR) is 137 cm³/mol. The fourth-order valence-electron chi connectivity index (χ4n) is 5.15. The monoisotopic (exact) mass is 471 g/mol. The summed E-state index contributed by atoms with van der Waals surface area (Å²) in [5.74, 6) is 1.56. The van der Waals surface area contributed by atoms with Gasteiger partial charge in [0.25, 0.3) is 0 Å². The number of hydrogen-bond donors (Lipinski definition) is 0. The Bertz CT molecular complexity index is 1340. The second-order valence-electron chi connectivity index (χ2n) is 9.22. The number of carbonyl (C=O) groups is 2. The lowest BCUT2D eigenvalue weighted by Crippen LogP contribution is -2.22. The zero-order valence-corrected chi connectivity index (χ0v) is 20.5. The van der Waals surface area contributed by atoms with Crippen LogP contribution in [0.2, 0.25) is 0 Å². The van der Waals surface area contributed by atoms with Crippen LogP contribution in [0.3, 0.4) is 0 Å². The molecule has 3 heterocycles. The Morgan fingerprint density at radius 2 is 1.97 bits per heavy atom. The highest BCUT2D eigenvalue weighted by Gasteiger charge is 2.29. The van der Waals surface area contributed by atoms with Gasteiger partial charge in [-0.2, -0.15) is 0 Å². The number of aromatic nitrogens is 3. The van der Waals surface area contributed by atoms with Gasteiger partial charge in [-0.05, 0) is 74.6 Å². The molecule has 0 bridgehead atoms. The third-order valence-corrected chi connectivity index (χ3v) is 7.88. The lowest BCUT2D eigenvalue weighted by atomic mass is 9.82. The molecule has 5 rings (SSSR count). The van der Waals surface area contributed by atoms with E-state index in [4.69, 9.17) is 4.98 Å². The minimum Gasteiger partial charge on any atom is -0.320 e. The standard InChI is InChI=1S/C28H29N3O2S/c1-3-25(32)20-11-12-24-23(17-20)30-28(22-9-4-5-14-29-22)31(24)21-8-6-7-19(15-21)16-26(33)27-13-10-18(2)34-27/h4-5,9-14,17,19,21H,3,6-8,15-16H2,1-2H3/t19-,21+/m0/s1. The van der Waals surface area contributed by atoms with E-state index in [9.17, 15) is 9.59 Å². The zero-order valence-electron chi connectivity index (χ0n) is 19.7. The number of rotatable bonds is 7. The maximum atomic E-state index is 12.9. The largest absolute Gasteiger partial charge is 0.320 e. The third-order valence-electron chi connectivity index (χ3n) is 6.84. The van der Waals surface area contributed by atoms with Crippen molar-refractivity contribution in [2.45, 2.75) is 58.4 Å². The van der Waals surface area contributed by atoms with Crippen LogP contribution in [0.4, 0.5) is 0 Å². The lowest BCUT2D eigenvalue weighted by molar-refractivity contribution is 0.0944. The van der Waals surface area contributed by atoms with Crippen molar-refractivity contribution in [3.05, 3.63) is 70.0 Å². The van der Waals surface area contributed by atoms with Crippen LogP contribution in [0.5, 0.6) is 0 Å². The Labute approximate surface area is 203 Å². The van der Waals surface area contributed by atoms with Crippen molar-refractivity contribution in [1.29, 1.82) is 0 Å². The van der Waals surface area contributed by atoms with Crippen LogP contribution in [0, 0.1) is 12.8 Å². The minimum absolute atomic E-state index is 0.121. The molecule has 1 aliphatic carbocycles. The van der Waals surface area contributed by atoms with Crippen molar-refractivity contribution in [2.75, 3.05) is 0 Å². The van der Waals surface area contributed by atoms with Gasteiger partial charge in [0.1, 0.15) is 5.69 Å². The van der Waals surface area contributed by atoms with E-state index >= 15 is 0 Å². The molecular weight excluding hydrogens is 442 g/mol. The number of nitrogens with zero attached hydrogens (tertiary/aromatic N) is 3. The van der Waals surface area contributed by atoms with Gasteiger partial charge in [-0.1, -0.05) is 19.4 Å². The normalized spacial score (nSPS) is 18.3. The van der Waals surface area contributed by atoms with Crippen LogP contribution < -0.4 is 0 Å². The minimum atomic E-state index is 0.121. The van der Waals surface area contributed by atoms with Crippen LogP contribution in [0.1, 0.15) is 76.4 Å². The number of carbonyl (C=O) groups excluding carboxylic acids is 2. The van der Waals surface area contributed by atoms with E-state index in [1.807, 2.05) is 62.4 Å². The summed E-state index contributed by atoms with van der Waals surface area (Å²) in [6.07, 6.45) is 7.00. The summed E-state index contributed by atoms with van der Waals surface area (Å²) >= 11 is 1.59. The number of benzene rings is 1. The van der Waals surface area contributed by atoms with Crippen molar-refractivity contribution < 1.29 is 9.59 Å². The van der Waals surface area contributed by atoms with E-state index in [2.05, 4.69) is 9.55 Å². The Hall–Kier alpha value is -3.12. The molecule has 1 aliphatic rings. The lowest BCUT2D eigenvalue weighted by Gasteiger charge is -2.31. The number of fused-ring (bicyclic) bond motifs is 1. The molecule has 0 amide bonds. The van der Waals surface area contributed by atoms with E-state index < -0.39 is 0 Å². The molecule has 174 valence electrons. The van der Waals surface area contributed by atoms with Crippen LogP contribution in [-0.4, -0.2) is 26.1 Å². The summed E-state index contributed by atoms with van der Waals surface area (Å²) < 4.78 is 2.31. The smallest absolute Gasteiger partial charge is 0.173 e. The number of ketones is 2. The average molecular weight is 472 g/mol. The number of pyridine rings is 1. The van der Waals surface area contributed by atoms with Gasteiger partial charge in [-0.25, -0.2) is 4.98 Å². The van der Waals surface area contributed by atoms with Crippen molar-refractivity contribution in [2.24, 2.45) is 5.92 Å². The van der Waals surface area contributed by atoms with Crippen LogP contribution in [0.25, 0.3) is 22.6 Å². The second-order valence-corrected chi connectivity index (χ2v) is 10.5. The maximum Gasteiger partial charge on any atom is 0.173 e. The summed E-state index contributed by atoms with van der Waals surface area (Å²) in [6.45, 7) is 3.92. The topological polar surface area (TPSA) is 64.8 Å². The summed E-state index contributed by atoms with van der Waals surface area (Å²) in [4.78, 5) is 36.8. The molecule has 0 saturated heterocycles. The van der Waals surface area contributed by atoms with E-state index in [0.717, 1.165) is 53.1 Å². The average Bonchev–Trinajstić information content (AvgIpc) is 3.47. The van der Waals surface area contributed by atoms with E-state index in [1.165, 1.54) is 4.88 Å². The van der Waals surface area contributed by atoms with Gasteiger partial charge in [-0.3, -0.25) is 14.6 Å². The molecule has 1 fully saturated rings. The van der Waals surface area contributed by atoms with E-state index in [-0.39, 0.29) is 17.6 Å². The fraction of sp³-hybridized carbons (Fsp3) is 0.357. The SMILES string of the molecule is CCC(=O)c1ccc2c(c1)nc(-c1ccccn1)n2[C@@H]1CCC[C@H](CC(=O)c2ccc(C)s2)C1. The summed E-state index contributed by atoms with van der Waals surface area (Å²) in [7, 11) is 0. The molecular formula is C28H29N3O2S. The van der Waals surface area contributed by atoms with E-state index in [1.54, 1.807) is 17.5 Å². The summed E-state index contributed by atoms with van der Waals surface area (Å²) in [5, 5.41) is 0. The first-order chi connectivity index (χ1) is 16.5.